The largest absolute Gasteiger partial charge is 0.490 e. The lowest BCUT2D eigenvalue weighted by molar-refractivity contribution is 0.363. The van der Waals surface area contributed by atoms with Crippen LogP contribution < -0.4 is 4.74 Å². The van der Waals surface area contributed by atoms with Gasteiger partial charge in [0, 0.05) is 17.1 Å². The zero-order valence-corrected chi connectivity index (χ0v) is 12.5. The second kappa shape index (κ2) is 5.57. The zero-order chi connectivity index (χ0) is 15.6. The van der Waals surface area contributed by atoms with Gasteiger partial charge in [-0.3, -0.25) is 0 Å². The summed E-state index contributed by atoms with van der Waals surface area (Å²) in [6, 6.07) is 18.0. The summed E-state index contributed by atoms with van der Waals surface area (Å²) in [6.45, 7) is 4.14. The highest BCUT2D eigenvalue weighted by atomic mass is 16.5. The molecule has 0 fully saturated rings. The normalized spacial score (nSPS) is 11.0. The third kappa shape index (κ3) is 2.44. The molecule has 0 amide bonds. The monoisotopic (exact) mass is 301 g/mol. The number of ether oxygens (including phenoxy) is 1. The molecule has 4 heteroatoms. The smallest absolute Gasteiger partial charge is 0.182 e. The average Bonchev–Trinajstić information content (AvgIpc) is 3.05. The molecule has 0 bridgehead atoms. The van der Waals surface area contributed by atoms with E-state index in [1.807, 2.05) is 53.2 Å². The van der Waals surface area contributed by atoms with Crippen molar-refractivity contribution in [3.63, 3.8) is 0 Å². The highest BCUT2D eigenvalue weighted by Crippen LogP contribution is 2.24. The Hall–Kier alpha value is -3.14. The predicted molar refractivity (Wildman–Crippen MR) is 91.6 cm³/mol. The van der Waals surface area contributed by atoms with Crippen molar-refractivity contribution < 1.29 is 4.74 Å². The molecule has 2 aromatic heterocycles. The quantitative estimate of drug-likeness (QED) is 0.532. The number of rotatable bonds is 4. The molecule has 2 aromatic carbocycles. The van der Waals surface area contributed by atoms with E-state index >= 15 is 0 Å². The summed E-state index contributed by atoms with van der Waals surface area (Å²) in [5.41, 5.74) is 1.79. The first-order valence-electron chi connectivity index (χ1n) is 7.43. The van der Waals surface area contributed by atoms with Gasteiger partial charge in [0.2, 0.25) is 0 Å². The molecule has 0 aliphatic rings. The fourth-order valence-corrected chi connectivity index (χ4v) is 2.61. The minimum absolute atomic E-state index is 0.479. The summed E-state index contributed by atoms with van der Waals surface area (Å²) in [5.74, 6) is 1.47. The predicted octanol–water partition coefficient (Wildman–Crippen LogP) is 4.11. The lowest BCUT2D eigenvalue weighted by Crippen LogP contribution is -1.93. The molecule has 0 saturated heterocycles. The van der Waals surface area contributed by atoms with E-state index in [0.29, 0.717) is 12.4 Å². The lowest BCUT2D eigenvalue weighted by Gasteiger charge is -2.03. The number of nitrogens with zero attached hydrogens (tertiary/aromatic N) is 3. The molecule has 0 aliphatic carbocycles. The Bertz CT molecular complexity index is 1000. The molecule has 112 valence electrons. The Morgan fingerprint density at radius 2 is 2.00 bits per heavy atom. The Balaban J connectivity index is 1.83. The Morgan fingerprint density at radius 3 is 2.91 bits per heavy atom. The van der Waals surface area contributed by atoms with Crippen LogP contribution in [0.1, 0.15) is 0 Å². The van der Waals surface area contributed by atoms with Gasteiger partial charge in [-0.2, -0.15) is 0 Å². The molecule has 0 saturated carbocycles. The molecule has 4 nitrogen and oxygen atoms in total. The minimum Gasteiger partial charge on any atom is -0.490 e. The molecule has 0 spiro atoms. The van der Waals surface area contributed by atoms with Crippen LogP contribution in [-0.2, 0) is 0 Å². The molecule has 0 radical (unpaired) electrons. The molecule has 0 atom stereocenters. The number of fused-ring (bicyclic) bond motifs is 3. The van der Waals surface area contributed by atoms with Crippen LogP contribution >= 0.6 is 0 Å². The van der Waals surface area contributed by atoms with Gasteiger partial charge < -0.3 is 4.74 Å². The molecular formula is C19H15N3O. The van der Waals surface area contributed by atoms with E-state index < -0.39 is 0 Å². The SMILES string of the molecule is C=CCOc1cccc(-c2nc3c4ccccc4ccn3n2)c1. The Kier molecular flexibility index (Phi) is 3.27. The number of aromatic nitrogens is 3. The van der Waals surface area contributed by atoms with Crippen LogP contribution in [0.3, 0.4) is 0 Å². The summed E-state index contributed by atoms with van der Waals surface area (Å²) >= 11 is 0. The van der Waals surface area contributed by atoms with E-state index in [-0.39, 0.29) is 0 Å². The minimum atomic E-state index is 0.479. The molecular weight excluding hydrogens is 286 g/mol. The summed E-state index contributed by atoms with van der Waals surface area (Å²) in [6.07, 6.45) is 3.66. The van der Waals surface area contributed by atoms with Gasteiger partial charge in [-0.1, -0.05) is 49.1 Å². The van der Waals surface area contributed by atoms with E-state index in [0.717, 1.165) is 27.7 Å². The maximum Gasteiger partial charge on any atom is 0.182 e. The fraction of sp³-hybridized carbons (Fsp3) is 0.0526. The summed E-state index contributed by atoms with van der Waals surface area (Å²) in [5, 5.41) is 6.83. The third-order valence-electron chi connectivity index (χ3n) is 3.69. The van der Waals surface area contributed by atoms with Gasteiger partial charge in [-0.15, -0.1) is 5.10 Å². The highest BCUT2D eigenvalue weighted by Gasteiger charge is 2.09. The molecule has 23 heavy (non-hydrogen) atoms. The van der Waals surface area contributed by atoms with Crippen LogP contribution in [0.15, 0.2) is 73.4 Å². The molecule has 0 aliphatic heterocycles. The van der Waals surface area contributed by atoms with E-state index in [1.54, 1.807) is 6.08 Å². The maximum atomic E-state index is 5.58. The number of hydrogen-bond acceptors (Lipinski definition) is 3. The van der Waals surface area contributed by atoms with Crippen molar-refractivity contribution in [1.29, 1.82) is 0 Å². The van der Waals surface area contributed by atoms with Gasteiger partial charge in [0.1, 0.15) is 12.4 Å². The van der Waals surface area contributed by atoms with Gasteiger partial charge in [0.05, 0.1) is 0 Å². The highest BCUT2D eigenvalue weighted by molar-refractivity contribution is 5.94. The van der Waals surface area contributed by atoms with Crippen LogP contribution in [0.2, 0.25) is 0 Å². The second-order valence-electron chi connectivity index (χ2n) is 5.23. The van der Waals surface area contributed by atoms with Crippen molar-refractivity contribution in [1.82, 2.24) is 14.6 Å². The molecule has 4 rings (SSSR count). The topological polar surface area (TPSA) is 39.4 Å². The first kappa shape index (κ1) is 13.5. The molecule has 2 heterocycles. The summed E-state index contributed by atoms with van der Waals surface area (Å²) < 4.78 is 7.40. The van der Waals surface area contributed by atoms with Crippen molar-refractivity contribution in [3.05, 3.63) is 73.4 Å². The first-order chi connectivity index (χ1) is 11.3. The summed E-state index contributed by atoms with van der Waals surface area (Å²) in [4.78, 5) is 4.71. The van der Waals surface area contributed by atoms with E-state index in [9.17, 15) is 0 Å². The standard InChI is InChI=1S/C19H15N3O/c1-2-12-23-16-8-5-7-15(13-16)18-20-19-17-9-4-3-6-14(17)10-11-22(19)21-18/h2-11,13H,1,12H2. The van der Waals surface area contributed by atoms with Gasteiger partial charge in [0.25, 0.3) is 0 Å². The van der Waals surface area contributed by atoms with Crippen molar-refractivity contribution in [2.24, 2.45) is 0 Å². The molecule has 0 N–H and O–H groups in total. The van der Waals surface area contributed by atoms with Crippen LogP contribution in [0.25, 0.3) is 27.8 Å². The van der Waals surface area contributed by atoms with Crippen LogP contribution in [-0.4, -0.2) is 21.2 Å². The number of pyridine rings is 1. The van der Waals surface area contributed by atoms with Crippen molar-refractivity contribution in [3.8, 4) is 17.1 Å². The zero-order valence-electron chi connectivity index (χ0n) is 12.5. The lowest BCUT2D eigenvalue weighted by atomic mass is 10.2. The van der Waals surface area contributed by atoms with Crippen molar-refractivity contribution in [2.75, 3.05) is 6.61 Å². The van der Waals surface area contributed by atoms with Crippen LogP contribution in [0.5, 0.6) is 5.75 Å². The Labute approximate surface area is 133 Å². The fourth-order valence-electron chi connectivity index (χ4n) is 2.61. The molecule has 4 aromatic rings. The Morgan fingerprint density at radius 1 is 1.09 bits per heavy atom. The van der Waals surface area contributed by atoms with Crippen molar-refractivity contribution >= 4 is 16.4 Å². The van der Waals surface area contributed by atoms with Crippen LogP contribution in [0.4, 0.5) is 0 Å². The van der Waals surface area contributed by atoms with Gasteiger partial charge in [-0.25, -0.2) is 9.50 Å². The van der Waals surface area contributed by atoms with Crippen molar-refractivity contribution in [2.45, 2.75) is 0 Å². The van der Waals surface area contributed by atoms with Gasteiger partial charge in [-0.05, 0) is 23.6 Å². The summed E-state index contributed by atoms with van der Waals surface area (Å²) in [7, 11) is 0. The van der Waals surface area contributed by atoms with Gasteiger partial charge >= 0.3 is 0 Å². The number of hydrogen-bond donors (Lipinski definition) is 0. The van der Waals surface area contributed by atoms with Crippen LogP contribution in [0, 0.1) is 0 Å². The van der Waals surface area contributed by atoms with E-state index in [1.165, 1.54) is 0 Å². The maximum absolute atomic E-state index is 5.58. The average molecular weight is 301 g/mol. The third-order valence-corrected chi connectivity index (χ3v) is 3.69. The van der Waals surface area contributed by atoms with E-state index in [4.69, 9.17) is 9.72 Å². The van der Waals surface area contributed by atoms with E-state index in [2.05, 4.69) is 23.8 Å². The number of benzene rings is 2. The first-order valence-corrected chi connectivity index (χ1v) is 7.43. The molecule has 0 unspecified atom stereocenters. The van der Waals surface area contributed by atoms with Gasteiger partial charge in [0.15, 0.2) is 11.5 Å². The second-order valence-corrected chi connectivity index (χ2v) is 5.23.